The van der Waals surface area contributed by atoms with Crippen LogP contribution in [-0.2, 0) is 16.6 Å². The fourth-order valence-corrected chi connectivity index (χ4v) is 8.26. The zero-order valence-electron chi connectivity index (χ0n) is 24.8. The van der Waals surface area contributed by atoms with Gasteiger partial charge in [-0.25, -0.2) is 9.18 Å². The first kappa shape index (κ1) is 29.9. The second-order valence-corrected chi connectivity index (χ2v) is 13.6. The third-order valence-electron chi connectivity index (χ3n) is 10.3. The largest absolute Gasteiger partial charge is 0.493 e. The molecule has 0 radical (unpaired) electrons. The van der Waals surface area contributed by atoms with E-state index in [1.807, 2.05) is 24.3 Å². The number of aliphatic carboxylic acids is 1. The number of ether oxygens (including phenoxy) is 1. The number of nitrogens with zero attached hydrogens (tertiary/aromatic N) is 1. The third-order valence-corrected chi connectivity index (χ3v) is 10.6. The molecule has 6 rings (SSSR count). The van der Waals surface area contributed by atoms with Gasteiger partial charge >= 0.3 is 5.97 Å². The number of hydrogen-bond donors (Lipinski definition) is 3. The molecule has 8 heteroatoms. The first-order chi connectivity index (χ1) is 20.6. The van der Waals surface area contributed by atoms with E-state index in [1.165, 1.54) is 5.56 Å². The number of nitrogens with one attached hydrogen (secondary N) is 1. The van der Waals surface area contributed by atoms with Gasteiger partial charge in [-0.15, -0.1) is 0 Å². The van der Waals surface area contributed by atoms with Crippen LogP contribution in [0.1, 0.15) is 93.2 Å². The predicted octanol–water partition coefficient (Wildman–Crippen LogP) is 7.83. The lowest BCUT2D eigenvalue weighted by molar-refractivity contribution is -0.144. The highest BCUT2D eigenvalue weighted by atomic mass is 35.5. The van der Waals surface area contributed by atoms with Crippen LogP contribution in [0.15, 0.2) is 54.7 Å². The summed E-state index contributed by atoms with van der Waals surface area (Å²) >= 11 is 6.19. The average molecular weight is 607 g/mol. The minimum Gasteiger partial charge on any atom is -0.493 e. The van der Waals surface area contributed by atoms with Crippen molar-refractivity contribution in [2.45, 2.75) is 88.2 Å². The molecule has 0 amide bonds. The molecule has 0 aliphatic heterocycles. The molecule has 1 fully saturated rings. The van der Waals surface area contributed by atoms with Crippen LogP contribution in [0, 0.1) is 17.7 Å². The van der Waals surface area contributed by atoms with E-state index in [-0.39, 0.29) is 29.0 Å². The second kappa shape index (κ2) is 11.7. The number of carboxylic acids is 1. The predicted molar refractivity (Wildman–Crippen MR) is 165 cm³/mol. The van der Waals surface area contributed by atoms with Crippen molar-refractivity contribution in [1.29, 1.82) is 0 Å². The van der Waals surface area contributed by atoms with Crippen LogP contribution >= 0.6 is 11.6 Å². The van der Waals surface area contributed by atoms with Gasteiger partial charge in [-0.1, -0.05) is 37.6 Å². The number of aliphatic hydroxyl groups is 1. The third kappa shape index (κ3) is 5.62. The summed E-state index contributed by atoms with van der Waals surface area (Å²) < 4.78 is 20.8. The van der Waals surface area contributed by atoms with Gasteiger partial charge in [0.05, 0.1) is 18.4 Å². The van der Waals surface area contributed by atoms with Crippen molar-refractivity contribution >= 4 is 23.3 Å². The summed E-state index contributed by atoms with van der Waals surface area (Å²) in [5.41, 5.74) is 3.32. The van der Waals surface area contributed by atoms with Crippen LogP contribution in [-0.4, -0.2) is 33.3 Å². The van der Waals surface area contributed by atoms with Crippen LogP contribution in [0.25, 0.3) is 0 Å². The van der Waals surface area contributed by atoms with Gasteiger partial charge in [0.1, 0.15) is 17.1 Å². The highest BCUT2D eigenvalue weighted by Crippen LogP contribution is 2.56. The number of rotatable bonds is 8. The average Bonchev–Trinajstić information content (AvgIpc) is 3.26. The molecule has 3 aliphatic rings. The molecule has 3 aliphatic carbocycles. The number of carboxylic acid groups (broad SMARTS) is 1. The minimum atomic E-state index is -1.10. The van der Waals surface area contributed by atoms with Gasteiger partial charge in [-0.3, -0.25) is 4.98 Å². The van der Waals surface area contributed by atoms with Crippen molar-refractivity contribution in [3.63, 3.8) is 0 Å². The van der Waals surface area contributed by atoms with Crippen molar-refractivity contribution in [2.75, 3.05) is 11.9 Å². The lowest BCUT2D eigenvalue weighted by Gasteiger charge is -2.47. The van der Waals surface area contributed by atoms with E-state index in [2.05, 4.69) is 24.1 Å². The number of fused-ring (bicyclic) bond motifs is 3. The maximum Gasteiger partial charge on any atom is 0.329 e. The van der Waals surface area contributed by atoms with Crippen molar-refractivity contribution in [3.8, 4) is 5.75 Å². The van der Waals surface area contributed by atoms with Crippen molar-refractivity contribution in [1.82, 2.24) is 4.98 Å². The SMILES string of the molecule is C[C@@H](COc1ccnc2c1[C@H](C)CC[C@H]2O)C[C@H]1Cc2cc(F)ccc2C12CCC(Nc1cccc(Cl)c1)(C(=O)O)CC2. The first-order valence-electron chi connectivity index (χ1n) is 15.5. The molecule has 1 spiro atoms. The zero-order valence-corrected chi connectivity index (χ0v) is 25.5. The molecule has 0 saturated heterocycles. The highest BCUT2D eigenvalue weighted by molar-refractivity contribution is 6.30. The van der Waals surface area contributed by atoms with Crippen LogP contribution < -0.4 is 10.1 Å². The molecule has 1 aromatic heterocycles. The molecule has 0 bridgehead atoms. The number of anilines is 1. The smallest absolute Gasteiger partial charge is 0.329 e. The lowest BCUT2D eigenvalue weighted by atomic mass is 9.59. The summed E-state index contributed by atoms with van der Waals surface area (Å²) in [5, 5.41) is 24.8. The molecule has 2 aromatic carbocycles. The molecule has 1 heterocycles. The van der Waals surface area contributed by atoms with E-state index in [0.717, 1.165) is 41.8 Å². The summed E-state index contributed by atoms with van der Waals surface area (Å²) in [6.45, 7) is 4.86. The summed E-state index contributed by atoms with van der Waals surface area (Å²) in [5.74, 6) is 0.432. The fourth-order valence-electron chi connectivity index (χ4n) is 8.07. The van der Waals surface area contributed by atoms with E-state index < -0.39 is 17.6 Å². The number of aromatic nitrogens is 1. The van der Waals surface area contributed by atoms with Gasteiger partial charge in [0.2, 0.25) is 0 Å². The van der Waals surface area contributed by atoms with Gasteiger partial charge in [0.15, 0.2) is 0 Å². The summed E-state index contributed by atoms with van der Waals surface area (Å²) in [6.07, 6.45) is 6.71. The molecule has 0 unspecified atom stereocenters. The van der Waals surface area contributed by atoms with E-state index in [0.29, 0.717) is 49.4 Å². The van der Waals surface area contributed by atoms with Crippen molar-refractivity contribution in [2.24, 2.45) is 11.8 Å². The van der Waals surface area contributed by atoms with E-state index in [4.69, 9.17) is 16.3 Å². The van der Waals surface area contributed by atoms with Crippen LogP contribution in [0.3, 0.4) is 0 Å². The number of benzene rings is 2. The molecule has 43 heavy (non-hydrogen) atoms. The Bertz CT molecular complexity index is 1500. The Hall–Kier alpha value is -3.16. The Kier molecular flexibility index (Phi) is 8.16. The van der Waals surface area contributed by atoms with Gasteiger partial charge in [0.25, 0.3) is 0 Å². The number of carbonyl (C=O) groups is 1. The maximum atomic E-state index is 14.4. The van der Waals surface area contributed by atoms with E-state index >= 15 is 0 Å². The topological polar surface area (TPSA) is 91.7 Å². The first-order valence-corrected chi connectivity index (χ1v) is 15.8. The summed E-state index contributed by atoms with van der Waals surface area (Å²) in [6, 6.07) is 14.2. The molecule has 3 N–H and O–H groups in total. The van der Waals surface area contributed by atoms with Crippen LogP contribution in [0.4, 0.5) is 10.1 Å². The molecular weight excluding hydrogens is 567 g/mol. The van der Waals surface area contributed by atoms with Gasteiger partial charge in [-0.2, -0.15) is 0 Å². The Morgan fingerprint density at radius 3 is 2.70 bits per heavy atom. The Labute approximate surface area is 257 Å². The van der Waals surface area contributed by atoms with Crippen LogP contribution in [0.2, 0.25) is 5.02 Å². The Morgan fingerprint density at radius 2 is 1.95 bits per heavy atom. The molecule has 6 nitrogen and oxygen atoms in total. The molecule has 3 aromatic rings. The number of aliphatic hydroxyl groups excluding tert-OH is 1. The second-order valence-electron chi connectivity index (χ2n) is 13.1. The van der Waals surface area contributed by atoms with Gasteiger partial charge < -0.3 is 20.3 Å². The molecular formula is C35H40ClFN2O4. The molecule has 4 atom stereocenters. The van der Waals surface area contributed by atoms with Gasteiger partial charge in [0, 0.05) is 22.5 Å². The number of pyridine rings is 1. The highest BCUT2D eigenvalue weighted by Gasteiger charge is 2.54. The summed E-state index contributed by atoms with van der Waals surface area (Å²) in [4.78, 5) is 17.2. The standard InChI is InChI=1S/C35H40ClFN2O4/c1-21(20-43-30-10-15-38-32-29(40)9-6-22(2)31(30)32)16-24-17-23-18-26(37)7-8-28(23)34(24)11-13-35(14-12-34,33(41)42)39-27-5-3-4-25(36)19-27/h3-5,7-8,10,15,18-19,21-22,24,29,39-40H,6,9,11-14,16-17,20H2,1-2H3,(H,41,42)/t21-,22-,24+,29-,34?,35?/m1/s1. The Morgan fingerprint density at radius 1 is 1.16 bits per heavy atom. The monoisotopic (exact) mass is 606 g/mol. The minimum absolute atomic E-state index is 0.212. The fraction of sp³-hybridized carbons (Fsp3) is 0.486. The van der Waals surface area contributed by atoms with Crippen molar-refractivity contribution in [3.05, 3.63) is 88.0 Å². The van der Waals surface area contributed by atoms with Crippen LogP contribution in [0.5, 0.6) is 5.75 Å². The number of hydrogen-bond acceptors (Lipinski definition) is 5. The van der Waals surface area contributed by atoms with E-state index in [9.17, 15) is 19.4 Å². The molecule has 228 valence electrons. The quantitative estimate of drug-likeness (QED) is 0.242. The molecule has 1 saturated carbocycles. The summed E-state index contributed by atoms with van der Waals surface area (Å²) in [7, 11) is 0. The number of halogens is 2. The normalized spacial score (nSPS) is 28.6. The lowest BCUT2D eigenvalue weighted by Crippen LogP contribution is -2.53. The van der Waals surface area contributed by atoms with E-state index in [1.54, 1.807) is 30.5 Å². The maximum absolute atomic E-state index is 14.4. The zero-order chi connectivity index (χ0) is 30.4. The Balaban J connectivity index is 1.21. The van der Waals surface area contributed by atoms with Crippen molar-refractivity contribution < 1.29 is 24.1 Å². The van der Waals surface area contributed by atoms with Gasteiger partial charge in [-0.05, 0) is 122 Å².